The number of aromatic nitrogens is 1. The zero-order valence-corrected chi connectivity index (χ0v) is 6.70. The summed E-state index contributed by atoms with van der Waals surface area (Å²) in [6, 6.07) is 3.59. The molecule has 1 rings (SSSR count). The van der Waals surface area contributed by atoms with E-state index in [4.69, 9.17) is 4.74 Å². The highest BCUT2D eigenvalue weighted by Crippen LogP contribution is 2.09. The van der Waals surface area contributed by atoms with Crippen molar-refractivity contribution in [2.75, 3.05) is 0 Å². The van der Waals surface area contributed by atoms with Crippen LogP contribution >= 0.6 is 0 Å². The van der Waals surface area contributed by atoms with Gasteiger partial charge in [-0.2, -0.15) is 0 Å². The predicted molar refractivity (Wildman–Crippen MR) is 41.3 cm³/mol. The second-order valence-corrected chi connectivity index (χ2v) is 2.28. The van der Waals surface area contributed by atoms with Crippen molar-refractivity contribution in [1.82, 2.24) is 4.57 Å². The Morgan fingerprint density at radius 2 is 2.45 bits per heavy atom. The van der Waals surface area contributed by atoms with Crippen LogP contribution in [-0.4, -0.2) is 10.5 Å². The topological polar surface area (TPSA) is 31.2 Å². The zero-order valence-electron chi connectivity index (χ0n) is 6.70. The van der Waals surface area contributed by atoms with E-state index in [1.807, 2.05) is 19.3 Å². The van der Waals surface area contributed by atoms with E-state index in [1.54, 1.807) is 17.6 Å². The maximum absolute atomic E-state index is 10.8. The highest BCUT2D eigenvalue weighted by molar-refractivity contribution is 5.71. The lowest BCUT2D eigenvalue weighted by atomic mass is 10.5. The van der Waals surface area contributed by atoms with Crippen LogP contribution in [0.5, 0.6) is 5.88 Å². The van der Waals surface area contributed by atoms with Gasteiger partial charge in [-0.1, -0.05) is 6.92 Å². The molecule has 0 saturated carbocycles. The second kappa shape index (κ2) is 3.23. The molecule has 0 aliphatic rings. The van der Waals surface area contributed by atoms with Crippen molar-refractivity contribution >= 4 is 5.97 Å². The Morgan fingerprint density at radius 3 is 2.91 bits per heavy atom. The van der Waals surface area contributed by atoms with E-state index in [9.17, 15) is 4.79 Å². The number of carbonyl (C=O) groups is 1. The summed E-state index contributed by atoms with van der Waals surface area (Å²) >= 11 is 0. The molecule has 11 heavy (non-hydrogen) atoms. The van der Waals surface area contributed by atoms with E-state index in [-0.39, 0.29) is 5.97 Å². The molecule has 0 aliphatic carbocycles. The van der Waals surface area contributed by atoms with Crippen molar-refractivity contribution < 1.29 is 9.53 Å². The van der Waals surface area contributed by atoms with E-state index in [2.05, 4.69) is 0 Å². The maximum atomic E-state index is 10.8. The molecule has 0 amide bonds. The van der Waals surface area contributed by atoms with Crippen molar-refractivity contribution in [1.29, 1.82) is 0 Å². The van der Waals surface area contributed by atoms with Crippen molar-refractivity contribution in [2.45, 2.75) is 13.3 Å². The second-order valence-electron chi connectivity index (χ2n) is 2.28. The van der Waals surface area contributed by atoms with Crippen molar-refractivity contribution in [3.05, 3.63) is 18.3 Å². The first kappa shape index (κ1) is 7.85. The standard InChI is InChI=1S/C8H11NO2/c1-3-8(10)11-7-5-4-6-9(7)2/h4-6H,3H2,1-2H3. The molecule has 0 bridgehead atoms. The van der Waals surface area contributed by atoms with Gasteiger partial charge in [0.15, 0.2) is 0 Å². The van der Waals surface area contributed by atoms with Crippen LogP contribution in [0.25, 0.3) is 0 Å². The van der Waals surface area contributed by atoms with Crippen LogP contribution in [0.15, 0.2) is 18.3 Å². The fourth-order valence-electron chi connectivity index (χ4n) is 0.740. The fourth-order valence-corrected chi connectivity index (χ4v) is 0.740. The third kappa shape index (κ3) is 1.83. The molecule has 0 aliphatic heterocycles. The van der Waals surface area contributed by atoms with E-state index < -0.39 is 0 Å². The Labute approximate surface area is 65.6 Å². The number of hydrogen-bond acceptors (Lipinski definition) is 2. The molecule has 1 aromatic heterocycles. The van der Waals surface area contributed by atoms with Crippen LogP contribution in [0.2, 0.25) is 0 Å². The number of ether oxygens (including phenoxy) is 1. The third-order valence-corrected chi connectivity index (χ3v) is 1.40. The quantitative estimate of drug-likeness (QED) is 0.600. The van der Waals surface area contributed by atoms with Gasteiger partial charge in [0, 0.05) is 25.7 Å². The Balaban J connectivity index is 2.64. The first-order chi connectivity index (χ1) is 5.24. The summed E-state index contributed by atoms with van der Waals surface area (Å²) in [7, 11) is 1.83. The highest BCUT2D eigenvalue weighted by Gasteiger charge is 2.02. The number of rotatable bonds is 2. The molecule has 60 valence electrons. The molecule has 0 unspecified atom stereocenters. The predicted octanol–water partition coefficient (Wildman–Crippen LogP) is 1.34. The minimum Gasteiger partial charge on any atom is -0.409 e. The monoisotopic (exact) mass is 153 g/mol. The first-order valence-electron chi connectivity index (χ1n) is 3.56. The normalized spacial score (nSPS) is 9.64. The fraction of sp³-hybridized carbons (Fsp3) is 0.375. The third-order valence-electron chi connectivity index (χ3n) is 1.40. The van der Waals surface area contributed by atoms with Gasteiger partial charge >= 0.3 is 5.97 Å². The van der Waals surface area contributed by atoms with Gasteiger partial charge in [0.25, 0.3) is 0 Å². The summed E-state index contributed by atoms with van der Waals surface area (Å²) in [6.07, 6.45) is 2.24. The lowest BCUT2D eigenvalue weighted by molar-refractivity contribution is -0.134. The van der Waals surface area contributed by atoms with Gasteiger partial charge < -0.3 is 9.30 Å². The van der Waals surface area contributed by atoms with Gasteiger partial charge in [-0.3, -0.25) is 4.79 Å². The van der Waals surface area contributed by atoms with Crippen LogP contribution < -0.4 is 4.74 Å². The van der Waals surface area contributed by atoms with Crippen LogP contribution in [0.1, 0.15) is 13.3 Å². The summed E-state index contributed by atoms with van der Waals surface area (Å²) in [5.74, 6) is 0.392. The van der Waals surface area contributed by atoms with Gasteiger partial charge in [0.2, 0.25) is 5.88 Å². The van der Waals surface area contributed by atoms with Gasteiger partial charge in [0.05, 0.1) is 0 Å². The van der Waals surface area contributed by atoms with E-state index >= 15 is 0 Å². The minimum absolute atomic E-state index is 0.202. The first-order valence-corrected chi connectivity index (χ1v) is 3.56. The lowest BCUT2D eigenvalue weighted by Gasteiger charge is -2.01. The molecule has 0 atom stereocenters. The molecule has 0 fully saturated rings. The summed E-state index contributed by atoms with van der Waals surface area (Å²) in [4.78, 5) is 10.8. The zero-order chi connectivity index (χ0) is 8.27. The van der Waals surface area contributed by atoms with Crippen LogP contribution in [0.4, 0.5) is 0 Å². The SMILES string of the molecule is CCC(=O)Oc1cccn1C. The Hall–Kier alpha value is -1.25. The molecule has 0 saturated heterocycles. The smallest absolute Gasteiger partial charge is 0.312 e. The summed E-state index contributed by atoms with van der Waals surface area (Å²) in [6.45, 7) is 1.77. The molecule has 3 heteroatoms. The Morgan fingerprint density at radius 1 is 1.73 bits per heavy atom. The lowest BCUT2D eigenvalue weighted by Crippen LogP contribution is -2.07. The Kier molecular flexibility index (Phi) is 2.31. The molecular formula is C8H11NO2. The van der Waals surface area contributed by atoms with Crippen LogP contribution in [0.3, 0.4) is 0 Å². The number of hydrogen-bond donors (Lipinski definition) is 0. The molecule has 0 radical (unpaired) electrons. The highest BCUT2D eigenvalue weighted by atomic mass is 16.5. The number of carbonyl (C=O) groups excluding carboxylic acids is 1. The van der Waals surface area contributed by atoms with Gasteiger partial charge in [-0.05, 0) is 6.07 Å². The minimum atomic E-state index is -0.202. The van der Waals surface area contributed by atoms with Crippen LogP contribution in [-0.2, 0) is 11.8 Å². The average molecular weight is 153 g/mol. The van der Waals surface area contributed by atoms with Gasteiger partial charge in [0.1, 0.15) is 0 Å². The summed E-state index contributed by atoms with van der Waals surface area (Å²) in [5.41, 5.74) is 0. The number of nitrogens with zero attached hydrogens (tertiary/aromatic N) is 1. The summed E-state index contributed by atoms with van der Waals surface area (Å²) in [5, 5.41) is 0. The largest absolute Gasteiger partial charge is 0.409 e. The van der Waals surface area contributed by atoms with Crippen molar-refractivity contribution in [3.8, 4) is 5.88 Å². The van der Waals surface area contributed by atoms with Gasteiger partial charge in [-0.15, -0.1) is 0 Å². The Bertz CT molecular complexity index is 252. The van der Waals surface area contributed by atoms with E-state index in [0.717, 1.165) is 0 Å². The van der Waals surface area contributed by atoms with Crippen LogP contribution in [0, 0.1) is 0 Å². The molecular weight excluding hydrogens is 142 g/mol. The van der Waals surface area contributed by atoms with Gasteiger partial charge in [-0.25, -0.2) is 0 Å². The molecule has 3 nitrogen and oxygen atoms in total. The summed E-state index contributed by atoms with van der Waals surface area (Å²) < 4.78 is 6.72. The molecule has 0 aromatic carbocycles. The van der Waals surface area contributed by atoms with Crippen molar-refractivity contribution in [2.24, 2.45) is 7.05 Å². The molecule has 0 N–H and O–H groups in total. The molecule has 0 spiro atoms. The average Bonchev–Trinajstić information content (AvgIpc) is 2.37. The van der Waals surface area contributed by atoms with E-state index in [1.165, 1.54) is 0 Å². The molecule has 1 aromatic rings. The number of esters is 1. The van der Waals surface area contributed by atoms with Crippen molar-refractivity contribution in [3.63, 3.8) is 0 Å². The number of aryl methyl sites for hydroxylation is 1. The van der Waals surface area contributed by atoms with E-state index in [0.29, 0.717) is 12.3 Å². The molecule has 1 heterocycles. The maximum Gasteiger partial charge on any atom is 0.312 e.